The molecule has 2 atom stereocenters. The van der Waals surface area contributed by atoms with Crippen molar-refractivity contribution in [1.82, 2.24) is 10.6 Å². The average molecular weight is 302 g/mol. The van der Waals surface area contributed by atoms with Gasteiger partial charge in [0.25, 0.3) is 5.92 Å². The van der Waals surface area contributed by atoms with Crippen molar-refractivity contribution in [2.75, 3.05) is 19.6 Å². The Hall–Kier alpha value is -0.550. The fourth-order valence-corrected chi connectivity index (χ4v) is 3.29. The van der Waals surface area contributed by atoms with Gasteiger partial charge in [0.1, 0.15) is 6.29 Å². The lowest BCUT2D eigenvalue weighted by molar-refractivity contribution is -0.109. The minimum Gasteiger partial charge on any atom is -0.311 e. The molecule has 0 bridgehead atoms. The minimum absolute atomic E-state index is 0.00861. The zero-order valence-corrected chi connectivity index (χ0v) is 12.8. The van der Waals surface area contributed by atoms with Gasteiger partial charge < -0.3 is 15.4 Å². The number of hydrogen-bond donors (Lipinski definition) is 2. The first-order valence-electron chi connectivity index (χ1n) is 8.39. The Morgan fingerprint density at radius 2 is 2.00 bits per heavy atom. The first-order valence-corrected chi connectivity index (χ1v) is 8.39. The van der Waals surface area contributed by atoms with Gasteiger partial charge in [-0.15, -0.1) is 0 Å². The fourth-order valence-electron chi connectivity index (χ4n) is 3.29. The van der Waals surface area contributed by atoms with E-state index >= 15 is 0 Å². The molecule has 21 heavy (non-hydrogen) atoms. The highest BCUT2D eigenvalue weighted by Crippen LogP contribution is 2.39. The second kappa shape index (κ2) is 8.18. The van der Waals surface area contributed by atoms with Crippen molar-refractivity contribution >= 4 is 6.29 Å². The third-order valence-corrected chi connectivity index (χ3v) is 5.04. The van der Waals surface area contributed by atoms with Crippen LogP contribution < -0.4 is 10.6 Å². The van der Waals surface area contributed by atoms with Crippen molar-refractivity contribution in [3.8, 4) is 0 Å². The third-order valence-electron chi connectivity index (χ3n) is 5.04. The predicted molar refractivity (Wildman–Crippen MR) is 79.6 cm³/mol. The van der Waals surface area contributed by atoms with Crippen molar-refractivity contribution in [1.29, 1.82) is 0 Å². The third kappa shape index (κ3) is 5.29. The summed E-state index contributed by atoms with van der Waals surface area (Å²) in [5.41, 5.74) is 0. The van der Waals surface area contributed by atoms with Gasteiger partial charge in [0, 0.05) is 5.92 Å². The second-order valence-corrected chi connectivity index (χ2v) is 6.64. The van der Waals surface area contributed by atoms with Crippen LogP contribution in [0, 0.1) is 11.8 Å². The first kappa shape index (κ1) is 16.8. The van der Waals surface area contributed by atoms with Crippen molar-refractivity contribution in [3.63, 3.8) is 0 Å². The summed E-state index contributed by atoms with van der Waals surface area (Å²) < 4.78 is 27.4. The Morgan fingerprint density at radius 1 is 1.19 bits per heavy atom. The van der Waals surface area contributed by atoms with Crippen LogP contribution in [0.5, 0.6) is 0 Å². The molecule has 1 saturated carbocycles. The van der Waals surface area contributed by atoms with Gasteiger partial charge >= 0.3 is 0 Å². The predicted octanol–water partition coefficient (Wildman–Crippen LogP) is 2.75. The van der Waals surface area contributed by atoms with Crippen LogP contribution in [-0.2, 0) is 4.79 Å². The van der Waals surface area contributed by atoms with Gasteiger partial charge in [0.05, 0.1) is 12.6 Å². The second-order valence-electron chi connectivity index (χ2n) is 6.64. The van der Waals surface area contributed by atoms with E-state index in [2.05, 4.69) is 10.6 Å². The van der Waals surface area contributed by atoms with Crippen molar-refractivity contribution in [2.24, 2.45) is 11.8 Å². The van der Waals surface area contributed by atoms with E-state index in [-0.39, 0.29) is 12.6 Å². The molecule has 1 aliphatic carbocycles. The monoisotopic (exact) mass is 302 g/mol. The molecule has 1 heterocycles. The number of halogens is 2. The number of carbonyl (C=O) groups is 1. The van der Waals surface area contributed by atoms with Gasteiger partial charge in [-0.05, 0) is 64.0 Å². The Kier molecular flexibility index (Phi) is 6.55. The molecular formula is C16H28F2N2O. The molecule has 122 valence electrons. The summed E-state index contributed by atoms with van der Waals surface area (Å²) in [6, 6.07) is 0.00861. The molecule has 0 aromatic heterocycles. The maximum atomic E-state index is 13.7. The van der Waals surface area contributed by atoms with E-state index in [1.54, 1.807) is 0 Å². The maximum absolute atomic E-state index is 13.7. The standard InChI is InChI=1S/C16H28F2N2O/c17-16(18,14-4-1-5-14)12-19-9-2-3-13-6-7-15(11-21)20-10-8-13/h11,13-15,19-20H,1-10,12H2/t13-,15?/m0/s1. The quantitative estimate of drug-likeness (QED) is 0.535. The smallest absolute Gasteiger partial charge is 0.263 e. The van der Waals surface area contributed by atoms with E-state index < -0.39 is 11.8 Å². The zero-order chi connectivity index (χ0) is 15.1. The van der Waals surface area contributed by atoms with Crippen LogP contribution >= 0.6 is 0 Å². The molecule has 0 spiro atoms. The van der Waals surface area contributed by atoms with Crippen LogP contribution in [0.15, 0.2) is 0 Å². The molecule has 2 fully saturated rings. The van der Waals surface area contributed by atoms with Gasteiger partial charge in [0.15, 0.2) is 0 Å². The molecule has 0 aromatic rings. The molecule has 0 aromatic carbocycles. The van der Waals surface area contributed by atoms with Crippen molar-refractivity contribution in [3.05, 3.63) is 0 Å². The van der Waals surface area contributed by atoms with E-state index in [9.17, 15) is 13.6 Å². The SMILES string of the molecule is O=CC1CC[C@H](CCCNCC(F)(F)C2CCC2)CCN1. The lowest BCUT2D eigenvalue weighted by Crippen LogP contribution is -2.42. The summed E-state index contributed by atoms with van der Waals surface area (Å²) in [4.78, 5) is 10.8. The molecule has 3 nitrogen and oxygen atoms in total. The number of rotatable bonds is 8. The summed E-state index contributed by atoms with van der Waals surface area (Å²) in [6.45, 7) is 1.39. The summed E-state index contributed by atoms with van der Waals surface area (Å²) in [6.07, 6.45) is 8.37. The molecule has 2 N–H and O–H groups in total. The number of nitrogens with one attached hydrogen (secondary N) is 2. The van der Waals surface area contributed by atoms with Crippen LogP contribution in [0.1, 0.15) is 51.4 Å². The molecule has 0 amide bonds. The Morgan fingerprint density at radius 3 is 2.67 bits per heavy atom. The van der Waals surface area contributed by atoms with Crippen LogP contribution in [0.2, 0.25) is 0 Å². The Labute approximate surface area is 126 Å². The molecule has 2 rings (SSSR count). The summed E-state index contributed by atoms with van der Waals surface area (Å²) >= 11 is 0. The first-order chi connectivity index (χ1) is 10.1. The molecule has 0 radical (unpaired) electrons. The summed E-state index contributed by atoms with van der Waals surface area (Å²) in [5, 5.41) is 6.15. The Bertz CT molecular complexity index is 321. The van der Waals surface area contributed by atoms with Crippen LogP contribution in [0.3, 0.4) is 0 Å². The van der Waals surface area contributed by atoms with Crippen LogP contribution in [-0.4, -0.2) is 37.9 Å². The highest BCUT2D eigenvalue weighted by Gasteiger charge is 2.42. The van der Waals surface area contributed by atoms with E-state index in [1.165, 1.54) is 0 Å². The largest absolute Gasteiger partial charge is 0.311 e. The molecule has 2 aliphatic rings. The van der Waals surface area contributed by atoms with Crippen LogP contribution in [0.4, 0.5) is 8.78 Å². The van der Waals surface area contributed by atoms with Gasteiger partial charge in [0.2, 0.25) is 0 Å². The number of aldehydes is 1. The zero-order valence-electron chi connectivity index (χ0n) is 12.8. The maximum Gasteiger partial charge on any atom is 0.263 e. The van der Waals surface area contributed by atoms with Gasteiger partial charge in [-0.2, -0.15) is 0 Å². The van der Waals surface area contributed by atoms with E-state index in [1.807, 2.05) is 0 Å². The van der Waals surface area contributed by atoms with Crippen molar-refractivity contribution < 1.29 is 13.6 Å². The molecule has 1 aliphatic heterocycles. The van der Waals surface area contributed by atoms with Gasteiger partial charge in [-0.1, -0.05) is 6.42 Å². The normalized spacial score (nSPS) is 27.9. The lowest BCUT2D eigenvalue weighted by Gasteiger charge is -2.33. The van der Waals surface area contributed by atoms with E-state index in [0.717, 1.165) is 51.4 Å². The van der Waals surface area contributed by atoms with Gasteiger partial charge in [-0.25, -0.2) is 8.78 Å². The topological polar surface area (TPSA) is 41.1 Å². The lowest BCUT2D eigenvalue weighted by atomic mass is 9.80. The number of alkyl halides is 2. The van der Waals surface area contributed by atoms with E-state index in [4.69, 9.17) is 0 Å². The highest BCUT2D eigenvalue weighted by molar-refractivity contribution is 5.57. The molecular weight excluding hydrogens is 274 g/mol. The average Bonchev–Trinajstić information content (AvgIpc) is 2.60. The molecule has 1 saturated heterocycles. The summed E-state index contributed by atoms with van der Waals surface area (Å²) in [5.74, 6) is -2.30. The summed E-state index contributed by atoms with van der Waals surface area (Å²) in [7, 11) is 0. The number of hydrogen-bond acceptors (Lipinski definition) is 3. The fraction of sp³-hybridized carbons (Fsp3) is 0.938. The molecule has 1 unspecified atom stereocenters. The van der Waals surface area contributed by atoms with Crippen LogP contribution in [0.25, 0.3) is 0 Å². The van der Waals surface area contributed by atoms with Gasteiger partial charge in [-0.3, -0.25) is 0 Å². The molecule has 5 heteroatoms. The number of carbonyl (C=O) groups excluding carboxylic acids is 1. The Balaban J connectivity index is 1.54. The minimum atomic E-state index is -2.53. The highest BCUT2D eigenvalue weighted by atomic mass is 19.3. The van der Waals surface area contributed by atoms with E-state index in [0.29, 0.717) is 25.3 Å². The van der Waals surface area contributed by atoms with Crippen molar-refractivity contribution in [2.45, 2.75) is 63.3 Å².